The molecule has 192 valence electrons. The molecule has 0 radical (unpaired) electrons. The number of halogens is 3. The number of nitriles is 1. The second kappa shape index (κ2) is 12.0. The monoisotopic (exact) mass is 578 g/mol. The fourth-order valence-corrected chi connectivity index (χ4v) is 5.26. The molecule has 0 bridgehead atoms. The van der Waals surface area contributed by atoms with Crippen LogP contribution >= 0.6 is 46.1 Å². The summed E-state index contributed by atoms with van der Waals surface area (Å²) in [5.74, 6) is -0.723. The van der Waals surface area contributed by atoms with E-state index in [0.29, 0.717) is 47.6 Å². The van der Waals surface area contributed by atoms with E-state index < -0.39 is 11.8 Å². The number of carbonyl (C=O) groups excluding carboxylic acids is 2. The van der Waals surface area contributed by atoms with Crippen molar-refractivity contribution in [1.82, 2.24) is 9.88 Å². The van der Waals surface area contributed by atoms with Gasteiger partial charge in [-0.05, 0) is 29.6 Å². The highest BCUT2D eigenvalue weighted by molar-refractivity contribution is 7.13. The Bertz CT molecular complexity index is 1350. The van der Waals surface area contributed by atoms with Gasteiger partial charge in [0.25, 0.3) is 11.8 Å². The minimum atomic E-state index is -0.518. The molecule has 2 amide bonds. The number of anilines is 3. The van der Waals surface area contributed by atoms with Crippen LogP contribution < -0.4 is 15.5 Å². The van der Waals surface area contributed by atoms with Crippen molar-refractivity contribution in [2.24, 2.45) is 0 Å². The molecule has 1 aliphatic heterocycles. The van der Waals surface area contributed by atoms with Gasteiger partial charge in [0.15, 0.2) is 6.19 Å². The van der Waals surface area contributed by atoms with Crippen molar-refractivity contribution in [2.75, 3.05) is 48.9 Å². The lowest BCUT2D eigenvalue weighted by atomic mass is 10.1. The van der Waals surface area contributed by atoms with Crippen LogP contribution in [0.15, 0.2) is 35.8 Å². The number of hydrogen-bond donors (Lipinski definition) is 2. The largest absolute Gasteiger partial charge is 0.378 e. The highest BCUT2D eigenvalue weighted by Gasteiger charge is 2.26. The number of amides is 2. The van der Waals surface area contributed by atoms with Crippen molar-refractivity contribution in [3.63, 3.8) is 0 Å². The molecule has 2 aromatic heterocycles. The van der Waals surface area contributed by atoms with Gasteiger partial charge in [-0.25, -0.2) is 4.98 Å². The minimum Gasteiger partial charge on any atom is -0.378 e. The number of carbonyl (C=O) groups is 2. The summed E-state index contributed by atoms with van der Waals surface area (Å²) >= 11 is 20.0. The Labute approximate surface area is 232 Å². The van der Waals surface area contributed by atoms with E-state index in [1.165, 1.54) is 17.2 Å². The SMILES string of the molecule is CN(C#N)Cc1csc(C(=O)Nc2c(C(=O)Nc3ccc(Cl)cn3)cc(Cl)cc2N2CCOCC2)c1Cl. The first-order chi connectivity index (χ1) is 17.8. The average Bonchev–Trinajstić information content (AvgIpc) is 3.26. The fourth-order valence-electron chi connectivity index (χ4n) is 3.69. The summed E-state index contributed by atoms with van der Waals surface area (Å²) in [6, 6.07) is 6.35. The molecule has 4 rings (SSSR count). The van der Waals surface area contributed by atoms with Crippen LogP contribution in [0, 0.1) is 11.5 Å². The Morgan fingerprint density at radius 1 is 1.16 bits per heavy atom. The number of hydrogen-bond acceptors (Lipinski definition) is 8. The molecule has 1 aliphatic rings. The summed E-state index contributed by atoms with van der Waals surface area (Å²) in [6.07, 6.45) is 3.42. The molecule has 37 heavy (non-hydrogen) atoms. The highest BCUT2D eigenvalue weighted by Crippen LogP contribution is 2.36. The van der Waals surface area contributed by atoms with Crippen LogP contribution in [0.4, 0.5) is 17.2 Å². The van der Waals surface area contributed by atoms with Gasteiger partial charge in [0.05, 0.1) is 46.7 Å². The van der Waals surface area contributed by atoms with Crippen LogP contribution in [0.5, 0.6) is 0 Å². The number of aromatic nitrogens is 1. The lowest BCUT2D eigenvalue weighted by Crippen LogP contribution is -2.37. The molecule has 0 aliphatic carbocycles. The maximum atomic E-state index is 13.4. The third-order valence-electron chi connectivity index (χ3n) is 5.47. The van der Waals surface area contributed by atoms with Gasteiger partial charge < -0.3 is 25.2 Å². The fraction of sp³-hybridized carbons (Fsp3) is 0.250. The van der Waals surface area contributed by atoms with Gasteiger partial charge in [-0.1, -0.05) is 34.8 Å². The zero-order valence-electron chi connectivity index (χ0n) is 19.6. The number of pyridine rings is 1. The molecular weight excluding hydrogens is 559 g/mol. The van der Waals surface area contributed by atoms with E-state index in [2.05, 4.69) is 15.6 Å². The Kier molecular flexibility index (Phi) is 8.74. The first kappa shape index (κ1) is 27.0. The molecule has 0 atom stereocenters. The molecule has 0 spiro atoms. The standard InChI is InChI=1S/C24H21Cl3N6O3S/c1-32(13-28)11-14-12-37-22(20(14)27)24(35)31-21-17(23(34)30-19-3-2-15(25)10-29-19)8-16(26)9-18(21)33-4-6-36-7-5-33/h2-3,8-10,12H,4-7,11H2,1H3,(H,31,35)(H,29,30,34). The maximum Gasteiger partial charge on any atom is 0.267 e. The molecule has 1 fully saturated rings. The number of thiophene rings is 1. The Morgan fingerprint density at radius 3 is 2.59 bits per heavy atom. The number of benzene rings is 1. The van der Waals surface area contributed by atoms with Gasteiger partial charge in [0, 0.05) is 36.9 Å². The van der Waals surface area contributed by atoms with Crippen molar-refractivity contribution in [3.8, 4) is 6.19 Å². The van der Waals surface area contributed by atoms with Crippen molar-refractivity contribution in [2.45, 2.75) is 6.54 Å². The van der Waals surface area contributed by atoms with Crippen LogP contribution in [-0.4, -0.2) is 55.0 Å². The second-order valence-corrected chi connectivity index (χ2v) is 10.2. The van der Waals surface area contributed by atoms with Crippen LogP contribution in [-0.2, 0) is 11.3 Å². The number of nitrogens with one attached hydrogen (secondary N) is 2. The lowest BCUT2D eigenvalue weighted by Gasteiger charge is -2.31. The zero-order chi connectivity index (χ0) is 26.5. The lowest BCUT2D eigenvalue weighted by molar-refractivity contribution is 0.102. The molecule has 0 saturated carbocycles. The van der Waals surface area contributed by atoms with Gasteiger partial charge in [0.1, 0.15) is 10.7 Å². The van der Waals surface area contributed by atoms with Crippen molar-refractivity contribution in [3.05, 3.63) is 66.9 Å². The van der Waals surface area contributed by atoms with E-state index in [1.807, 2.05) is 11.1 Å². The van der Waals surface area contributed by atoms with Crippen LogP contribution in [0.2, 0.25) is 15.1 Å². The molecule has 13 heteroatoms. The van der Waals surface area contributed by atoms with Crippen LogP contribution in [0.25, 0.3) is 0 Å². The molecule has 3 heterocycles. The number of rotatable bonds is 7. The van der Waals surface area contributed by atoms with E-state index in [-0.39, 0.29) is 33.5 Å². The Morgan fingerprint density at radius 2 is 1.92 bits per heavy atom. The average molecular weight is 580 g/mol. The van der Waals surface area contributed by atoms with Gasteiger partial charge in [-0.3, -0.25) is 9.59 Å². The summed E-state index contributed by atoms with van der Waals surface area (Å²) in [5.41, 5.74) is 1.66. The van der Waals surface area contributed by atoms with Crippen molar-refractivity contribution in [1.29, 1.82) is 5.26 Å². The van der Waals surface area contributed by atoms with E-state index in [1.54, 1.807) is 30.6 Å². The third-order valence-corrected chi connectivity index (χ3v) is 7.48. The van der Waals surface area contributed by atoms with E-state index in [4.69, 9.17) is 44.8 Å². The van der Waals surface area contributed by atoms with Gasteiger partial charge in [-0.2, -0.15) is 5.26 Å². The Hall–Kier alpha value is -3.07. The molecular formula is C24H21Cl3N6O3S. The molecule has 9 nitrogen and oxygen atoms in total. The number of ether oxygens (including phenoxy) is 1. The van der Waals surface area contributed by atoms with E-state index >= 15 is 0 Å². The minimum absolute atomic E-state index is 0.149. The first-order valence-corrected chi connectivity index (χ1v) is 13.1. The van der Waals surface area contributed by atoms with Gasteiger partial charge >= 0.3 is 0 Å². The van der Waals surface area contributed by atoms with E-state index in [0.717, 1.165) is 11.3 Å². The normalized spacial score (nSPS) is 13.1. The molecule has 1 saturated heterocycles. The van der Waals surface area contributed by atoms with E-state index in [9.17, 15) is 9.59 Å². The molecule has 0 unspecified atom stereocenters. The maximum absolute atomic E-state index is 13.4. The summed E-state index contributed by atoms with van der Waals surface area (Å²) in [6.45, 7) is 2.34. The Balaban J connectivity index is 1.71. The predicted octanol–water partition coefficient (Wildman–Crippen LogP) is 5.36. The predicted molar refractivity (Wildman–Crippen MR) is 146 cm³/mol. The molecule has 3 aromatic rings. The topological polar surface area (TPSA) is 111 Å². The van der Waals surface area contributed by atoms with Crippen LogP contribution in [0.1, 0.15) is 25.6 Å². The van der Waals surface area contributed by atoms with Crippen LogP contribution in [0.3, 0.4) is 0 Å². The first-order valence-electron chi connectivity index (χ1n) is 11.0. The molecule has 1 aromatic carbocycles. The summed E-state index contributed by atoms with van der Waals surface area (Å²) in [7, 11) is 1.62. The quantitative estimate of drug-likeness (QED) is 0.286. The smallest absolute Gasteiger partial charge is 0.267 e. The number of nitrogens with zero attached hydrogens (tertiary/aromatic N) is 4. The van der Waals surface area contributed by atoms with Gasteiger partial charge in [0.2, 0.25) is 0 Å². The van der Waals surface area contributed by atoms with Gasteiger partial charge in [-0.15, -0.1) is 11.3 Å². The zero-order valence-corrected chi connectivity index (χ0v) is 22.6. The van der Waals surface area contributed by atoms with Crippen molar-refractivity contribution < 1.29 is 14.3 Å². The summed E-state index contributed by atoms with van der Waals surface area (Å²) < 4.78 is 5.46. The third kappa shape index (κ3) is 6.44. The number of morpholine rings is 1. The highest BCUT2D eigenvalue weighted by atomic mass is 35.5. The molecule has 2 N–H and O–H groups in total. The summed E-state index contributed by atoms with van der Waals surface area (Å²) in [5, 5.41) is 17.4. The summed E-state index contributed by atoms with van der Waals surface area (Å²) in [4.78, 5) is 34.5. The second-order valence-electron chi connectivity index (χ2n) is 8.08. The van der Waals surface area contributed by atoms with Crippen molar-refractivity contribution >= 4 is 75.1 Å².